The first-order valence-electron chi connectivity index (χ1n) is 33.3. The SMILES string of the molecule is CC[C@H](C)[C@H](NC(=O)[C@H](CC(C)C)NC(=O)[C@H](CC(=O)O)NC(=O)[C@@H]1CCCN1C(=O)[C@H](CCCN=C(N)N)NC(=O)[C@H](CCCCN)NC(=O)[C@@H](N)[C@@H](C)O)C(=O)N[C@H](C(=O)N[C@@H](CC(=O)O)C(=O)N1CCC[C@H]1C(=O)N[C@H](C(=O)N1CCC[C@H]1C(=O)O)[C@@H](C)CC)C(C)C. The minimum atomic E-state index is -1.85. The second-order valence-corrected chi connectivity index (χ2v) is 26.0. The number of amides is 11. The quantitative estimate of drug-likeness (QED) is 0.0161. The van der Waals surface area contributed by atoms with Crippen molar-refractivity contribution in [3.05, 3.63) is 0 Å². The smallest absolute Gasteiger partial charge is 0.326 e. The van der Waals surface area contributed by atoms with Gasteiger partial charge >= 0.3 is 17.9 Å². The molecule has 0 aromatic carbocycles. The molecule has 20 N–H and O–H groups in total. The number of aliphatic hydroxyl groups is 1. The predicted molar refractivity (Wildman–Crippen MR) is 347 cm³/mol. The van der Waals surface area contributed by atoms with Crippen LogP contribution in [0.25, 0.3) is 0 Å². The van der Waals surface area contributed by atoms with Gasteiger partial charge < -0.3 is 101 Å². The molecule has 3 fully saturated rings. The Morgan fingerprint density at radius 1 is 0.490 bits per heavy atom. The summed E-state index contributed by atoms with van der Waals surface area (Å²) in [5.41, 5.74) is 22.5. The number of aliphatic carboxylic acids is 3. The van der Waals surface area contributed by atoms with Gasteiger partial charge in [-0.2, -0.15) is 0 Å². The number of carbonyl (C=O) groups excluding carboxylic acids is 11. The van der Waals surface area contributed by atoms with Crippen molar-refractivity contribution in [1.29, 1.82) is 0 Å². The Bertz CT molecular complexity index is 2770. The van der Waals surface area contributed by atoms with Crippen molar-refractivity contribution in [3.63, 3.8) is 0 Å². The second-order valence-electron chi connectivity index (χ2n) is 26.0. The van der Waals surface area contributed by atoms with E-state index in [-0.39, 0.29) is 109 Å². The molecule has 0 bridgehead atoms. The number of nitrogens with one attached hydrogen (secondary N) is 8. The number of likely N-dealkylation sites (tertiary alicyclic amines) is 3. The molecule has 34 nitrogen and oxygen atoms in total. The van der Waals surface area contributed by atoms with Crippen LogP contribution in [0.4, 0.5) is 0 Å². The summed E-state index contributed by atoms with van der Waals surface area (Å²) < 4.78 is 0. The average molecular weight is 1360 g/mol. The van der Waals surface area contributed by atoms with E-state index in [4.69, 9.17) is 22.9 Å². The number of nitrogens with zero attached hydrogens (tertiary/aromatic N) is 4. The van der Waals surface area contributed by atoms with Crippen molar-refractivity contribution in [3.8, 4) is 0 Å². The highest BCUT2D eigenvalue weighted by atomic mass is 16.4. The lowest BCUT2D eigenvalue weighted by atomic mass is 9.95. The fourth-order valence-corrected chi connectivity index (χ4v) is 11.7. The van der Waals surface area contributed by atoms with Gasteiger partial charge in [-0.3, -0.25) is 67.3 Å². The highest BCUT2D eigenvalue weighted by Crippen LogP contribution is 2.26. The fourth-order valence-electron chi connectivity index (χ4n) is 11.7. The third-order valence-electron chi connectivity index (χ3n) is 17.6. The Labute approximate surface area is 559 Å². The van der Waals surface area contributed by atoms with Crippen LogP contribution in [0.2, 0.25) is 0 Å². The van der Waals surface area contributed by atoms with Crippen molar-refractivity contribution >= 4 is 88.8 Å². The van der Waals surface area contributed by atoms with E-state index in [2.05, 4.69) is 47.5 Å². The van der Waals surface area contributed by atoms with Crippen LogP contribution in [0, 0.1) is 23.7 Å². The number of hydrogen-bond donors (Lipinski definition) is 16. The van der Waals surface area contributed by atoms with Crippen LogP contribution >= 0.6 is 0 Å². The van der Waals surface area contributed by atoms with Gasteiger partial charge in [-0.1, -0.05) is 68.2 Å². The van der Waals surface area contributed by atoms with Gasteiger partial charge in [-0.15, -0.1) is 0 Å². The molecule has 3 aliphatic rings. The van der Waals surface area contributed by atoms with Crippen LogP contribution in [0.5, 0.6) is 0 Å². The number of carbonyl (C=O) groups is 14. The zero-order chi connectivity index (χ0) is 72.4. The molecule has 0 aromatic rings. The van der Waals surface area contributed by atoms with E-state index in [1.54, 1.807) is 55.4 Å². The largest absolute Gasteiger partial charge is 0.481 e. The lowest BCUT2D eigenvalue weighted by Crippen LogP contribution is -2.62. The predicted octanol–water partition coefficient (Wildman–Crippen LogP) is -3.44. The maximum atomic E-state index is 14.5. The van der Waals surface area contributed by atoms with Crippen molar-refractivity contribution in [2.24, 2.45) is 51.6 Å². The number of hydrogen-bond acceptors (Lipinski definition) is 18. The fraction of sp³-hybridized carbons (Fsp3) is 0.758. The van der Waals surface area contributed by atoms with Crippen LogP contribution in [0.15, 0.2) is 4.99 Å². The van der Waals surface area contributed by atoms with E-state index < -0.39 is 192 Å². The minimum Gasteiger partial charge on any atom is -0.481 e. The Morgan fingerprint density at radius 2 is 0.927 bits per heavy atom. The molecule has 11 amide bonds. The van der Waals surface area contributed by atoms with Crippen LogP contribution in [-0.2, 0) is 67.1 Å². The van der Waals surface area contributed by atoms with Gasteiger partial charge in [0.2, 0.25) is 65.0 Å². The topological polar surface area (TPSA) is 542 Å². The number of aliphatic imine (C=N–C) groups is 1. The molecule has 34 heteroatoms. The lowest BCUT2D eigenvalue weighted by molar-refractivity contribution is -0.150. The number of nitrogens with two attached hydrogens (primary N) is 4. The van der Waals surface area contributed by atoms with Gasteiger partial charge in [-0.05, 0) is 114 Å². The number of rotatable bonds is 40. The number of carboxylic acids is 3. The first-order valence-corrected chi connectivity index (χ1v) is 33.3. The molecular formula is C62H106N16O18. The average Bonchev–Trinajstić information content (AvgIpc) is 1.49. The summed E-state index contributed by atoms with van der Waals surface area (Å²) in [6.45, 7) is 15.1. The maximum Gasteiger partial charge on any atom is 0.326 e. The normalized spacial score (nSPS) is 19.9. The zero-order valence-corrected chi connectivity index (χ0v) is 56.8. The molecule has 96 heavy (non-hydrogen) atoms. The van der Waals surface area contributed by atoms with Gasteiger partial charge in [0.15, 0.2) is 5.96 Å². The van der Waals surface area contributed by atoms with Gasteiger partial charge in [0.05, 0.1) is 18.9 Å². The molecule has 0 radical (unpaired) electrons. The number of guanidine groups is 1. The van der Waals surface area contributed by atoms with Crippen LogP contribution in [0.3, 0.4) is 0 Å². The molecule has 0 spiro atoms. The number of unbranched alkanes of at least 4 members (excludes halogenated alkanes) is 1. The van der Waals surface area contributed by atoms with Crippen molar-refractivity contribution < 1.29 is 87.5 Å². The molecule has 0 saturated carbocycles. The van der Waals surface area contributed by atoms with Crippen LogP contribution in [0.1, 0.15) is 165 Å². The molecule has 15 atom stereocenters. The summed E-state index contributed by atoms with van der Waals surface area (Å²) in [7, 11) is 0. The van der Waals surface area contributed by atoms with E-state index in [1.807, 2.05) is 0 Å². The summed E-state index contributed by atoms with van der Waals surface area (Å²) in [6.07, 6.45) is -0.310. The van der Waals surface area contributed by atoms with Crippen molar-refractivity contribution in [1.82, 2.24) is 57.2 Å². The Hall–Kier alpha value is -8.27. The molecule has 3 aliphatic heterocycles. The van der Waals surface area contributed by atoms with E-state index in [0.29, 0.717) is 25.7 Å². The monoisotopic (exact) mass is 1360 g/mol. The van der Waals surface area contributed by atoms with Gasteiger partial charge in [0, 0.05) is 26.2 Å². The summed E-state index contributed by atoms with van der Waals surface area (Å²) >= 11 is 0. The molecule has 3 heterocycles. The molecule has 3 saturated heterocycles. The lowest BCUT2D eigenvalue weighted by Gasteiger charge is -2.33. The second kappa shape index (κ2) is 39.7. The van der Waals surface area contributed by atoms with E-state index in [0.717, 1.165) is 4.90 Å². The van der Waals surface area contributed by atoms with E-state index in [1.165, 1.54) is 16.7 Å². The summed E-state index contributed by atoms with van der Waals surface area (Å²) in [5.74, 6) is -16.2. The van der Waals surface area contributed by atoms with Crippen LogP contribution < -0.4 is 65.5 Å². The molecule has 0 aliphatic carbocycles. The molecule has 542 valence electrons. The van der Waals surface area contributed by atoms with Gasteiger partial charge in [0.25, 0.3) is 0 Å². The highest BCUT2D eigenvalue weighted by molar-refractivity contribution is 6.01. The summed E-state index contributed by atoms with van der Waals surface area (Å²) in [5, 5.41) is 60.4. The molecule has 3 rings (SSSR count). The standard InChI is InChI=1S/C62H106N16O18/c1-10-33(7)48(57(91)73-47(32(5)6)56(90)72-40(30-45(82)83)59(93)77-26-16-21-42(77)54(88)75-49(34(8)11-2)60(94)78-27-17-22-43(78)61(95)96)74-52(86)38(28-31(3)4)70-51(85)39(29-44(80)81)71-53(87)41-20-15-25-76(41)58(92)37(19-14-24-67-62(65)66)69-50(84)36(18-12-13-23-63)68-55(89)46(64)35(9)79/h31-43,46-49,79H,10-30,63-64H2,1-9H3,(H,68,89)(H,69,84)(H,70,85)(H,71,87)(H,72,90)(H,73,91)(H,74,86)(H,75,88)(H,80,81)(H,82,83)(H,95,96)(H4,65,66,67)/t33-,34-,35+,36-,37-,38-,39-,40-,41-,42-,43-,46-,47-,48-,49-/m0/s1. The first-order chi connectivity index (χ1) is 45.1. The van der Waals surface area contributed by atoms with E-state index in [9.17, 15) is 87.5 Å². The molecule has 0 aromatic heterocycles. The number of carboxylic acid groups (broad SMARTS) is 3. The zero-order valence-electron chi connectivity index (χ0n) is 56.8. The summed E-state index contributed by atoms with van der Waals surface area (Å²) in [4.78, 5) is 199. The first kappa shape index (κ1) is 82.0. The Balaban J connectivity index is 1.86. The van der Waals surface area contributed by atoms with Crippen LogP contribution in [-0.4, -0.2) is 235 Å². The highest BCUT2D eigenvalue weighted by Gasteiger charge is 2.45. The van der Waals surface area contributed by atoms with Crippen molar-refractivity contribution in [2.75, 3.05) is 32.7 Å². The van der Waals surface area contributed by atoms with Crippen molar-refractivity contribution in [2.45, 2.75) is 244 Å². The Kier molecular flexibility index (Phi) is 33.9. The summed E-state index contributed by atoms with van der Waals surface area (Å²) in [6, 6.07) is -16.8. The minimum absolute atomic E-state index is 0.0196. The third-order valence-corrected chi connectivity index (χ3v) is 17.6. The van der Waals surface area contributed by atoms with Gasteiger partial charge in [-0.25, -0.2) is 4.79 Å². The van der Waals surface area contributed by atoms with Gasteiger partial charge in [0.1, 0.15) is 72.5 Å². The molecular weight excluding hydrogens is 1260 g/mol. The third kappa shape index (κ3) is 24.7. The van der Waals surface area contributed by atoms with E-state index >= 15 is 0 Å². The number of aliphatic hydroxyl groups excluding tert-OH is 1. The maximum absolute atomic E-state index is 14.5. The Morgan fingerprint density at radius 3 is 1.43 bits per heavy atom. The molecule has 0 unspecified atom stereocenters.